The van der Waals surface area contributed by atoms with Gasteiger partial charge in [0, 0.05) is 15.3 Å². The van der Waals surface area contributed by atoms with E-state index in [-0.39, 0.29) is 5.04 Å². The molecule has 1 aromatic rings. The van der Waals surface area contributed by atoms with Gasteiger partial charge in [0.1, 0.15) is 0 Å². The van der Waals surface area contributed by atoms with Gasteiger partial charge < -0.3 is 0 Å². The van der Waals surface area contributed by atoms with E-state index in [0.29, 0.717) is 0 Å². The molecule has 0 radical (unpaired) electrons. The van der Waals surface area contributed by atoms with Crippen LogP contribution in [0.25, 0.3) is 0 Å². The fraction of sp³-hybridized carbons (Fsp3) is 0.429. The monoisotopic (exact) mass is 252 g/mol. The zero-order chi connectivity index (χ0) is 12.0. The molecule has 1 unspecified atom stereocenters. The highest BCUT2D eigenvalue weighted by atomic mass is 35.5. The van der Waals surface area contributed by atoms with Crippen molar-refractivity contribution in [1.29, 1.82) is 0 Å². The SMILES string of the molecule is C=C(Cl)C([SiH3])(CCCC)Cc1ccccc1. The molecule has 0 aliphatic heterocycles. The van der Waals surface area contributed by atoms with E-state index in [1.807, 2.05) is 0 Å². The van der Waals surface area contributed by atoms with Crippen LogP contribution in [0.1, 0.15) is 31.7 Å². The van der Waals surface area contributed by atoms with Crippen molar-refractivity contribution in [2.75, 3.05) is 0 Å². The summed E-state index contributed by atoms with van der Waals surface area (Å²) in [6, 6.07) is 10.6. The molecular formula is C14H21ClSi. The summed E-state index contributed by atoms with van der Waals surface area (Å²) in [5.74, 6) is 0. The van der Waals surface area contributed by atoms with E-state index >= 15 is 0 Å². The Morgan fingerprint density at radius 2 is 2.00 bits per heavy atom. The normalized spacial score (nSPS) is 14.6. The van der Waals surface area contributed by atoms with E-state index in [0.717, 1.165) is 21.7 Å². The minimum atomic E-state index is 0.166. The third-order valence-electron chi connectivity index (χ3n) is 3.17. The second-order valence-electron chi connectivity index (χ2n) is 4.73. The van der Waals surface area contributed by atoms with E-state index in [1.54, 1.807) is 0 Å². The smallest absolute Gasteiger partial charge is 0.0177 e. The third-order valence-corrected chi connectivity index (χ3v) is 5.40. The molecule has 0 aromatic heterocycles. The lowest BCUT2D eigenvalue weighted by Crippen LogP contribution is -2.16. The largest absolute Gasteiger partial charge is 0.0895 e. The number of hydrogen-bond acceptors (Lipinski definition) is 0. The Morgan fingerprint density at radius 1 is 1.38 bits per heavy atom. The molecule has 88 valence electrons. The van der Waals surface area contributed by atoms with Crippen LogP contribution in [0.5, 0.6) is 0 Å². The zero-order valence-corrected chi connectivity index (χ0v) is 13.1. The van der Waals surface area contributed by atoms with Crippen molar-refractivity contribution in [2.24, 2.45) is 0 Å². The van der Waals surface area contributed by atoms with Crippen LogP contribution in [0.15, 0.2) is 41.9 Å². The first-order valence-electron chi connectivity index (χ1n) is 5.97. The molecule has 0 bridgehead atoms. The molecule has 0 nitrogen and oxygen atoms in total. The molecule has 0 N–H and O–H groups in total. The lowest BCUT2D eigenvalue weighted by Gasteiger charge is -2.29. The fourth-order valence-corrected chi connectivity index (χ4v) is 2.86. The van der Waals surface area contributed by atoms with Gasteiger partial charge in [-0.2, -0.15) is 0 Å². The maximum atomic E-state index is 6.21. The second kappa shape index (κ2) is 6.26. The first-order valence-corrected chi connectivity index (χ1v) is 7.35. The maximum Gasteiger partial charge on any atom is 0.0177 e. The summed E-state index contributed by atoms with van der Waals surface area (Å²) in [7, 11) is 1.07. The third kappa shape index (κ3) is 3.80. The molecule has 16 heavy (non-hydrogen) atoms. The van der Waals surface area contributed by atoms with Gasteiger partial charge >= 0.3 is 0 Å². The van der Waals surface area contributed by atoms with Crippen LogP contribution in [0.3, 0.4) is 0 Å². The van der Waals surface area contributed by atoms with Crippen LogP contribution in [0, 0.1) is 0 Å². The molecule has 0 spiro atoms. The Kier molecular flexibility index (Phi) is 5.30. The Balaban J connectivity index is 2.75. The van der Waals surface area contributed by atoms with Gasteiger partial charge in [0.15, 0.2) is 0 Å². The number of allylic oxidation sites excluding steroid dienone is 1. The number of rotatable bonds is 6. The molecule has 0 amide bonds. The van der Waals surface area contributed by atoms with Gasteiger partial charge in [-0.3, -0.25) is 0 Å². The van der Waals surface area contributed by atoms with Crippen LogP contribution < -0.4 is 0 Å². The second-order valence-corrected chi connectivity index (χ2v) is 7.10. The van der Waals surface area contributed by atoms with Crippen molar-refractivity contribution in [3.8, 4) is 0 Å². The van der Waals surface area contributed by atoms with Crippen molar-refractivity contribution >= 4 is 21.8 Å². The average molecular weight is 253 g/mol. The maximum absolute atomic E-state index is 6.21. The first kappa shape index (κ1) is 13.5. The standard InChI is InChI=1S/C14H21ClSi/c1-3-4-10-14(16,12(2)15)11-13-8-6-5-7-9-13/h5-9H,2-4,10-11H2,1,16H3. The van der Waals surface area contributed by atoms with Gasteiger partial charge in [-0.1, -0.05) is 68.3 Å². The van der Waals surface area contributed by atoms with E-state index in [4.69, 9.17) is 11.6 Å². The zero-order valence-electron chi connectivity index (χ0n) is 10.3. The molecule has 0 aliphatic rings. The van der Waals surface area contributed by atoms with Gasteiger partial charge in [0.25, 0.3) is 0 Å². The molecule has 1 aromatic carbocycles. The van der Waals surface area contributed by atoms with Crippen LogP contribution in [0.2, 0.25) is 5.04 Å². The highest BCUT2D eigenvalue weighted by molar-refractivity contribution is 6.36. The molecule has 0 aliphatic carbocycles. The number of halogens is 1. The topological polar surface area (TPSA) is 0 Å². The summed E-state index contributed by atoms with van der Waals surface area (Å²) in [6.45, 7) is 6.20. The van der Waals surface area contributed by atoms with E-state index in [2.05, 4.69) is 43.8 Å². The van der Waals surface area contributed by atoms with Gasteiger partial charge in [0.2, 0.25) is 0 Å². The Bertz CT molecular complexity index is 334. The quantitative estimate of drug-likeness (QED) is 0.678. The first-order chi connectivity index (χ1) is 7.58. The van der Waals surface area contributed by atoms with Gasteiger partial charge in [0.05, 0.1) is 0 Å². The van der Waals surface area contributed by atoms with Crippen molar-refractivity contribution in [1.82, 2.24) is 0 Å². The van der Waals surface area contributed by atoms with Crippen molar-refractivity contribution in [3.63, 3.8) is 0 Å². The van der Waals surface area contributed by atoms with Crippen LogP contribution in [0.4, 0.5) is 0 Å². The van der Waals surface area contributed by atoms with Gasteiger partial charge in [-0.05, 0) is 23.4 Å². The summed E-state index contributed by atoms with van der Waals surface area (Å²) >= 11 is 6.21. The Morgan fingerprint density at radius 3 is 2.50 bits per heavy atom. The van der Waals surface area contributed by atoms with E-state index in [1.165, 1.54) is 24.8 Å². The number of unbranched alkanes of at least 4 members (excludes halogenated alkanes) is 1. The lowest BCUT2D eigenvalue weighted by molar-refractivity contribution is 0.566. The molecule has 0 saturated carbocycles. The molecular weight excluding hydrogens is 232 g/mol. The molecule has 1 rings (SSSR count). The molecule has 0 saturated heterocycles. The summed E-state index contributed by atoms with van der Waals surface area (Å²) < 4.78 is 0. The predicted molar refractivity (Wildman–Crippen MR) is 77.3 cm³/mol. The highest BCUT2D eigenvalue weighted by Crippen LogP contribution is 2.42. The molecule has 2 heteroatoms. The summed E-state index contributed by atoms with van der Waals surface area (Å²) in [4.78, 5) is 0. The minimum Gasteiger partial charge on any atom is -0.0895 e. The van der Waals surface area contributed by atoms with Crippen molar-refractivity contribution in [2.45, 2.75) is 37.6 Å². The molecule has 0 heterocycles. The van der Waals surface area contributed by atoms with Crippen LogP contribution in [-0.4, -0.2) is 10.2 Å². The van der Waals surface area contributed by atoms with Crippen LogP contribution >= 0.6 is 11.6 Å². The number of benzene rings is 1. The van der Waals surface area contributed by atoms with E-state index < -0.39 is 0 Å². The van der Waals surface area contributed by atoms with Crippen molar-refractivity contribution < 1.29 is 0 Å². The number of hydrogen-bond donors (Lipinski definition) is 0. The van der Waals surface area contributed by atoms with Crippen molar-refractivity contribution in [3.05, 3.63) is 47.5 Å². The van der Waals surface area contributed by atoms with E-state index in [9.17, 15) is 0 Å². The Labute approximate surface area is 107 Å². The molecule has 0 fully saturated rings. The predicted octanol–water partition coefficient (Wildman–Crippen LogP) is 3.70. The lowest BCUT2D eigenvalue weighted by atomic mass is 9.92. The Hall–Kier alpha value is -0.533. The minimum absolute atomic E-state index is 0.166. The summed E-state index contributed by atoms with van der Waals surface area (Å²) in [6.07, 6.45) is 4.68. The van der Waals surface area contributed by atoms with Crippen LogP contribution in [-0.2, 0) is 6.42 Å². The fourth-order valence-electron chi connectivity index (χ4n) is 1.93. The summed E-state index contributed by atoms with van der Waals surface area (Å²) in [5, 5.41) is 1.01. The highest BCUT2D eigenvalue weighted by Gasteiger charge is 2.26. The van der Waals surface area contributed by atoms with Gasteiger partial charge in [-0.15, -0.1) is 0 Å². The summed E-state index contributed by atoms with van der Waals surface area (Å²) in [5.41, 5.74) is 1.37. The average Bonchev–Trinajstić information content (AvgIpc) is 2.27. The van der Waals surface area contributed by atoms with Gasteiger partial charge in [-0.25, -0.2) is 0 Å². The molecule has 1 atom stereocenters.